The normalized spacial score (nSPS) is 19.9. The highest BCUT2D eigenvalue weighted by molar-refractivity contribution is 7.99. The van der Waals surface area contributed by atoms with E-state index >= 15 is 0 Å². The second-order valence-corrected chi connectivity index (χ2v) is 11.0. The van der Waals surface area contributed by atoms with Crippen molar-refractivity contribution in [3.8, 4) is 0 Å². The number of ether oxygens (including phenoxy) is 2. The van der Waals surface area contributed by atoms with E-state index in [9.17, 15) is 24.6 Å². The lowest BCUT2D eigenvalue weighted by molar-refractivity contribution is -0.142. The summed E-state index contributed by atoms with van der Waals surface area (Å²) < 4.78 is 10.2. The molecule has 2 aromatic carbocycles. The predicted molar refractivity (Wildman–Crippen MR) is 152 cm³/mol. The zero-order chi connectivity index (χ0) is 28.0. The molecular weight excluding hydrogens is 516 g/mol. The van der Waals surface area contributed by atoms with Gasteiger partial charge in [0, 0.05) is 43.8 Å². The molecule has 2 aromatic rings. The minimum atomic E-state index is -0.741. The number of methoxy groups -OCH3 is 1. The minimum absolute atomic E-state index is 0.0474. The summed E-state index contributed by atoms with van der Waals surface area (Å²) in [4.78, 5) is 36.5. The van der Waals surface area contributed by atoms with E-state index in [4.69, 9.17) is 9.47 Å². The highest BCUT2D eigenvalue weighted by atomic mass is 32.2. The highest BCUT2D eigenvalue weighted by Gasteiger charge is 2.39. The van der Waals surface area contributed by atoms with E-state index in [-0.39, 0.29) is 42.9 Å². The number of hydrogen-bond donors (Lipinski definition) is 2. The molecule has 0 heterocycles. The Morgan fingerprint density at radius 2 is 1.87 bits per heavy atom. The summed E-state index contributed by atoms with van der Waals surface area (Å²) in [5.74, 6) is 0.277. The SMILES string of the molecule is COCc1cccc(CC(O)C=CC2C(O)CC(=O)C2CCSCCCC(=O)OCC(=O)c2ccccc2)c1. The van der Waals surface area contributed by atoms with Gasteiger partial charge in [-0.2, -0.15) is 11.8 Å². The average Bonchev–Trinajstić information content (AvgIpc) is 3.20. The standard InChI is InChI=1S/C31H38O7S/c1-37-20-23-8-5-7-22(17-23)18-25(32)12-13-26-27(29(34)19-28(26)33)14-16-39-15-6-11-31(36)38-21-30(35)24-9-3-2-4-10-24/h2-5,7-10,12-13,17,25-28,32-33H,6,11,14-16,18-21H2,1H3. The second-order valence-electron chi connectivity index (χ2n) is 9.79. The summed E-state index contributed by atoms with van der Waals surface area (Å²) in [5.41, 5.74) is 2.54. The van der Waals surface area contributed by atoms with Crippen molar-refractivity contribution in [2.24, 2.45) is 11.8 Å². The lowest BCUT2D eigenvalue weighted by atomic mass is 9.91. The van der Waals surface area contributed by atoms with Crippen LogP contribution >= 0.6 is 11.8 Å². The van der Waals surface area contributed by atoms with Crippen molar-refractivity contribution >= 4 is 29.3 Å². The monoisotopic (exact) mass is 554 g/mol. The molecule has 2 N–H and O–H groups in total. The van der Waals surface area contributed by atoms with Crippen molar-refractivity contribution in [3.63, 3.8) is 0 Å². The Bertz CT molecular complexity index is 1100. The topological polar surface area (TPSA) is 110 Å². The van der Waals surface area contributed by atoms with Crippen LogP contribution in [0.2, 0.25) is 0 Å². The van der Waals surface area contributed by atoms with Crippen molar-refractivity contribution in [1.29, 1.82) is 0 Å². The van der Waals surface area contributed by atoms with Gasteiger partial charge >= 0.3 is 5.97 Å². The van der Waals surface area contributed by atoms with Gasteiger partial charge in [-0.3, -0.25) is 14.4 Å². The molecule has 8 heteroatoms. The number of Topliss-reactive ketones (excluding diaryl/α,β-unsaturated/α-hetero) is 2. The molecule has 39 heavy (non-hydrogen) atoms. The number of esters is 1. The second kappa shape index (κ2) is 16.4. The molecule has 0 aromatic heterocycles. The number of ketones is 2. The van der Waals surface area contributed by atoms with E-state index in [0.717, 1.165) is 22.6 Å². The van der Waals surface area contributed by atoms with Crippen LogP contribution in [0, 0.1) is 11.8 Å². The van der Waals surface area contributed by atoms with E-state index in [0.29, 0.717) is 31.4 Å². The van der Waals surface area contributed by atoms with Crippen molar-refractivity contribution in [2.45, 2.75) is 50.9 Å². The maximum atomic E-state index is 12.5. The molecule has 0 amide bonds. The van der Waals surface area contributed by atoms with Crippen molar-refractivity contribution in [2.75, 3.05) is 25.2 Å². The summed E-state index contributed by atoms with van der Waals surface area (Å²) in [5, 5.41) is 21.0. The summed E-state index contributed by atoms with van der Waals surface area (Å²) >= 11 is 1.65. The molecule has 7 nitrogen and oxygen atoms in total. The van der Waals surface area contributed by atoms with Crippen LogP contribution in [-0.4, -0.2) is 65.2 Å². The van der Waals surface area contributed by atoms with Crippen LogP contribution in [0.25, 0.3) is 0 Å². The van der Waals surface area contributed by atoms with Gasteiger partial charge in [-0.05, 0) is 35.5 Å². The maximum Gasteiger partial charge on any atom is 0.306 e. The third-order valence-electron chi connectivity index (χ3n) is 6.74. The van der Waals surface area contributed by atoms with Crippen molar-refractivity contribution in [1.82, 2.24) is 0 Å². The molecule has 3 rings (SSSR count). The Kier molecular flexibility index (Phi) is 12.9. The number of hydrogen-bond acceptors (Lipinski definition) is 8. The summed E-state index contributed by atoms with van der Waals surface area (Å²) in [7, 11) is 1.64. The van der Waals surface area contributed by atoms with Gasteiger partial charge in [0.25, 0.3) is 0 Å². The fourth-order valence-corrected chi connectivity index (χ4v) is 5.70. The summed E-state index contributed by atoms with van der Waals surface area (Å²) in [6, 6.07) is 16.6. The zero-order valence-electron chi connectivity index (χ0n) is 22.4. The number of benzene rings is 2. The number of thioether (sulfide) groups is 1. The predicted octanol–water partition coefficient (Wildman–Crippen LogP) is 4.19. The number of carbonyl (C=O) groups excluding carboxylic acids is 3. The Balaban J connectivity index is 1.35. The first-order chi connectivity index (χ1) is 18.9. The Morgan fingerprint density at radius 1 is 1.10 bits per heavy atom. The highest BCUT2D eigenvalue weighted by Crippen LogP contribution is 2.34. The molecule has 1 saturated carbocycles. The largest absolute Gasteiger partial charge is 0.457 e. The van der Waals surface area contributed by atoms with Crippen molar-refractivity contribution in [3.05, 3.63) is 83.4 Å². The van der Waals surface area contributed by atoms with Crippen LogP contribution < -0.4 is 0 Å². The molecule has 0 aliphatic heterocycles. The van der Waals surface area contributed by atoms with E-state index in [1.54, 1.807) is 55.3 Å². The van der Waals surface area contributed by atoms with Crippen LogP contribution in [0.1, 0.15) is 47.2 Å². The number of aliphatic hydroxyl groups excluding tert-OH is 2. The van der Waals surface area contributed by atoms with Crippen LogP contribution in [0.4, 0.5) is 0 Å². The maximum absolute atomic E-state index is 12.5. The van der Waals surface area contributed by atoms with Gasteiger partial charge in [-0.1, -0.05) is 66.7 Å². The van der Waals surface area contributed by atoms with Gasteiger partial charge in [-0.25, -0.2) is 0 Å². The number of aliphatic hydroxyl groups is 2. The molecule has 0 saturated heterocycles. The summed E-state index contributed by atoms with van der Waals surface area (Å²) in [6.45, 7) is 0.252. The Hall–Kier alpha value is -2.78. The molecule has 0 radical (unpaired) electrons. The van der Waals surface area contributed by atoms with Crippen LogP contribution in [0.5, 0.6) is 0 Å². The van der Waals surface area contributed by atoms with Gasteiger partial charge in [0.2, 0.25) is 0 Å². The van der Waals surface area contributed by atoms with Gasteiger partial charge in [0.15, 0.2) is 12.4 Å². The fraction of sp³-hybridized carbons (Fsp3) is 0.452. The molecule has 4 unspecified atom stereocenters. The van der Waals surface area contributed by atoms with Crippen LogP contribution in [0.15, 0.2) is 66.7 Å². The first-order valence-corrected chi connectivity index (χ1v) is 14.5. The first kappa shape index (κ1) is 30.8. The Labute approximate surface area is 234 Å². The Morgan fingerprint density at radius 3 is 2.64 bits per heavy atom. The average molecular weight is 555 g/mol. The molecule has 4 atom stereocenters. The van der Waals surface area contributed by atoms with Gasteiger partial charge < -0.3 is 19.7 Å². The van der Waals surface area contributed by atoms with Gasteiger partial charge in [0.1, 0.15) is 5.78 Å². The lowest BCUT2D eigenvalue weighted by Crippen LogP contribution is -2.20. The smallest absolute Gasteiger partial charge is 0.306 e. The molecule has 1 aliphatic rings. The third-order valence-corrected chi connectivity index (χ3v) is 7.84. The van der Waals surface area contributed by atoms with E-state index in [1.807, 2.05) is 30.3 Å². The zero-order valence-corrected chi connectivity index (χ0v) is 23.2. The van der Waals surface area contributed by atoms with Crippen molar-refractivity contribution < 1.29 is 34.1 Å². The number of carbonyl (C=O) groups is 3. The minimum Gasteiger partial charge on any atom is -0.457 e. The quantitative estimate of drug-likeness (QED) is 0.138. The number of rotatable bonds is 16. The van der Waals surface area contributed by atoms with Crippen LogP contribution in [0.3, 0.4) is 0 Å². The van der Waals surface area contributed by atoms with Crippen LogP contribution in [-0.2, 0) is 32.1 Å². The van der Waals surface area contributed by atoms with Gasteiger partial charge in [0.05, 0.1) is 18.8 Å². The fourth-order valence-electron chi connectivity index (χ4n) is 4.73. The van der Waals surface area contributed by atoms with E-state index in [1.165, 1.54) is 0 Å². The van der Waals surface area contributed by atoms with Gasteiger partial charge in [-0.15, -0.1) is 0 Å². The molecule has 1 fully saturated rings. The molecular formula is C31H38O7S. The molecule has 1 aliphatic carbocycles. The molecule has 0 spiro atoms. The lowest BCUT2D eigenvalue weighted by Gasteiger charge is -2.18. The van der Waals surface area contributed by atoms with E-state index < -0.39 is 18.2 Å². The third kappa shape index (κ3) is 10.4. The summed E-state index contributed by atoms with van der Waals surface area (Å²) in [6.07, 6.45) is 4.06. The first-order valence-electron chi connectivity index (χ1n) is 13.3. The van der Waals surface area contributed by atoms with E-state index in [2.05, 4.69) is 0 Å². The molecule has 210 valence electrons. The molecule has 0 bridgehead atoms.